The van der Waals surface area contributed by atoms with Gasteiger partial charge in [0.25, 0.3) is 5.91 Å². The zero-order valence-corrected chi connectivity index (χ0v) is 18.7. The number of pyridine rings is 1. The fourth-order valence-electron chi connectivity index (χ4n) is 3.87. The molecular formula is C21H22FN5O5S. The number of halogens is 1. The van der Waals surface area contributed by atoms with Gasteiger partial charge in [0.15, 0.2) is 14.6 Å². The molecule has 0 aliphatic carbocycles. The van der Waals surface area contributed by atoms with Gasteiger partial charge in [-0.15, -0.1) is 0 Å². The number of hydrogen-bond donors (Lipinski definition) is 2. The lowest BCUT2D eigenvalue weighted by atomic mass is 9.96. The Morgan fingerprint density at radius 1 is 1.27 bits per heavy atom. The van der Waals surface area contributed by atoms with Gasteiger partial charge in [-0.25, -0.2) is 17.8 Å². The van der Waals surface area contributed by atoms with Crippen molar-refractivity contribution >= 4 is 33.2 Å². The molecule has 2 aliphatic heterocycles. The predicted molar refractivity (Wildman–Crippen MR) is 118 cm³/mol. The van der Waals surface area contributed by atoms with Crippen LogP contribution in [0.2, 0.25) is 0 Å². The highest BCUT2D eigenvalue weighted by atomic mass is 32.2. The monoisotopic (exact) mass is 475 g/mol. The summed E-state index contributed by atoms with van der Waals surface area (Å²) >= 11 is 0. The average molecular weight is 476 g/mol. The van der Waals surface area contributed by atoms with Gasteiger partial charge in [-0.05, 0) is 30.3 Å². The quantitative estimate of drug-likeness (QED) is 0.669. The molecule has 2 aliphatic rings. The highest BCUT2D eigenvalue weighted by Crippen LogP contribution is 2.39. The molecule has 0 bridgehead atoms. The van der Waals surface area contributed by atoms with Gasteiger partial charge in [0.05, 0.1) is 25.1 Å². The Morgan fingerprint density at radius 3 is 2.58 bits per heavy atom. The second-order valence-corrected chi connectivity index (χ2v) is 10.3. The van der Waals surface area contributed by atoms with Gasteiger partial charge in [0.2, 0.25) is 5.91 Å². The van der Waals surface area contributed by atoms with Crippen LogP contribution in [0.3, 0.4) is 0 Å². The zero-order valence-electron chi connectivity index (χ0n) is 17.9. The van der Waals surface area contributed by atoms with Crippen LogP contribution < -0.4 is 15.8 Å². The van der Waals surface area contributed by atoms with Crippen molar-refractivity contribution in [3.8, 4) is 5.75 Å². The number of carbonyl (C=O) groups is 2. The Balaban J connectivity index is 1.58. The van der Waals surface area contributed by atoms with E-state index >= 15 is 0 Å². The number of nitrogens with zero attached hydrogens (tertiary/aromatic N) is 3. The molecular weight excluding hydrogens is 453 g/mol. The molecule has 1 aromatic carbocycles. The van der Waals surface area contributed by atoms with Gasteiger partial charge in [-0.3, -0.25) is 14.6 Å². The van der Waals surface area contributed by atoms with Gasteiger partial charge in [0, 0.05) is 31.3 Å². The zero-order chi connectivity index (χ0) is 24.0. The number of rotatable bonds is 4. The van der Waals surface area contributed by atoms with Crippen LogP contribution in [0.5, 0.6) is 5.75 Å². The molecule has 10 nitrogen and oxygen atoms in total. The van der Waals surface area contributed by atoms with Crippen molar-refractivity contribution < 1.29 is 27.1 Å². The lowest BCUT2D eigenvalue weighted by Gasteiger charge is -2.50. The van der Waals surface area contributed by atoms with Crippen LogP contribution in [0.25, 0.3) is 0 Å². The van der Waals surface area contributed by atoms with E-state index in [9.17, 15) is 22.4 Å². The number of aliphatic imine (C=N–C) groups is 1. The first-order chi connectivity index (χ1) is 15.6. The summed E-state index contributed by atoms with van der Waals surface area (Å²) in [6.07, 6.45) is 1.39. The standard InChI is InChI=1S/C21H22FN5O5S/c1-12(28)27-10-21(11-27)20(23)26-18(9-33(21,30)31)15-7-13(3-5-16(15)22)25-19(29)17-6-4-14(32-2)8-24-17/h3-8,18H,9-11H2,1-2H3,(H2,23,26)(H,25,29). The predicted octanol–water partition coefficient (Wildman–Crippen LogP) is 0.909. The van der Waals surface area contributed by atoms with Gasteiger partial charge in [0.1, 0.15) is 23.1 Å². The first kappa shape index (κ1) is 22.6. The molecule has 1 fully saturated rings. The number of aromatic nitrogens is 1. The molecule has 1 atom stereocenters. The molecule has 1 saturated heterocycles. The number of amidine groups is 1. The SMILES string of the molecule is COc1ccc(C(=O)Nc2ccc(F)c(C3CS(=O)(=O)C4(CN(C(C)=O)C4)C(N)=N3)c2)nc1. The minimum Gasteiger partial charge on any atom is -0.495 e. The maximum Gasteiger partial charge on any atom is 0.274 e. The molecule has 12 heteroatoms. The van der Waals surface area contributed by atoms with Crippen molar-refractivity contribution in [3.63, 3.8) is 0 Å². The summed E-state index contributed by atoms with van der Waals surface area (Å²) in [7, 11) is -2.35. The van der Waals surface area contributed by atoms with E-state index in [0.717, 1.165) is 6.07 Å². The van der Waals surface area contributed by atoms with Gasteiger partial charge < -0.3 is 20.7 Å². The largest absolute Gasteiger partial charge is 0.495 e. The summed E-state index contributed by atoms with van der Waals surface area (Å²) in [5, 5.41) is 2.61. The van der Waals surface area contributed by atoms with E-state index in [1.165, 1.54) is 43.3 Å². The number of sulfone groups is 1. The number of hydrogen-bond acceptors (Lipinski definition) is 8. The minimum absolute atomic E-state index is 0.0142. The second kappa shape index (κ2) is 8.10. The molecule has 3 heterocycles. The van der Waals surface area contributed by atoms with Crippen molar-refractivity contribution in [1.29, 1.82) is 0 Å². The van der Waals surface area contributed by atoms with E-state index < -0.39 is 38.1 Å². The number of methoxy groups -OCH3 is 1. The van der Waals surface area contributed by atoms with Crippen molar-refractivity contribution in [2.24, 2.45) is 10.7 Å². The van der Waals surface area contributed by atoms with E-state index in [0.29, 0.717) is 5.75 Å². The first-order valence-corrected chi connectivity index (χ1v) is 11.6. The van der Waals surface area contributed by atoms with Crippen LogP contribution in [0, 0.1) is 5.82 Å². The Kier molecular flexibility index (Phi) is 5.56. The number of benzene rings is 1. The fourth-order valence-corrected chi connectivity index (χ4v) is 5.93. The van der Waals surface area contributed by atoms with E-state index in [2.05, 4.69) is 15.3 Å². The molecule has 4 rings (SSSR count). The molecule has 0 saturated carbocycles. The van der Waals surface area contributed by atoms with Crippen molar-refractivity contribution in [2.75, 3.05) is 31.3 Å². The van der Waals surface area contributed by atoms with Crippen LogP contribution >= 0.6 is 0 Å². The average Bonchev–Trinajstić information content (AvgIpc) is 2.72. The third-order valence-electron chi connectivity index (χ3n) is 5.89. The summed E-state index contributed by atoms with van der Waals surface area (Å²) in [5.41, 5.74) is 6.38. The number of nitrogens with two attached hydrogens (primary N) is 1. The van der Waals surface area contributed by atoms with E-state index in [1.807, 2.05) is 0 Å². The van der Waals surface area contributed by atoms with Crippen LogP contribution in [-0.4, -0.2) is 66.7 Å². The fraction of sp³-hybridized carbons (Fsp3) is 0.333. The molecule has 0 radical (unpaired) electrons. The van der Waals surface area contributed by atoms with Crippen molar-refractivity contribution in [1.82, 2.24) is 9.88 Å². The smallest absolute Gasteiger partial charge is 0.274 e. The first-order valence-electron chi connectivity index (χ1n) is 9.99. The topological polar surface area (TPSA) is 144 Å². The summed E-state index contributed by atoms with van der Waals surface area (Å²) in [6.45, 7) is 1.20. The summed E-state index contributed by atoms with van der Waals surface area (Å²) in [6, 6.07) is 5.77. The maximum absolute atomic E-state index is 14.6. The highest BCUT2D eigenvalue weighted by Gasteiger charge is 2.59. The van der Waals surface area contributed by atoms with Crippen molar-refractivity contribution in [3.05, 3.63) is 53.6 Å². The second-order valence-electron chi connectivity index (χ2n) is 7.95. The molecule has 2 amide bonds. The molecule has 33 heavy (non-hydrogen) atoms. The maximum atomic E-state index is 14.6. The van der Waals surface area contributed by atoms with Crippen LogP contribution in [0.4, 0.5) is 10.1 Å². The molecule has 2 aromatic rings. The Labute approximate surface area is 189 Å². The van der Waals surface area contributed by atoms with E-state index in [1.54, 1.807) is 6.07 Å². The minimum atomic E-state index is -3.83. The third kappa shape index (κ3) is 3.90. The van der Waals surface area contributed by atoms with Gasteiger partial charge in [-0.2, -0.15) is 0 Å². The number of anilines is 1. The number of carbonyl (C=O) groups excluding carboxylic acids is 2. The summed E-state index contributed by atoms with van der Waals surface area (Å²) in [5.74, 6) is -1.60. The third-order valence-corrected chi connectivity index (χ3v) is 8.30. The van der Waals surface area contributed by atoms with Crippen molar-refractivity contribution in [2.45, 2.75) is 17.7 Å². The lowest BCUT2D eigenvalue weighted by Crippen LogP contribution is -2.74. The summed E-state index contributed by atoms with van der Waals surface area (Å²) in [4.78, 5) is 33.6. The number of ether oxygens (including phenoxy) is 1. The molecule has 1 aromatic heterocycles. The molecule has 3 N–H and O–H groups in total. The Morgan fingerprint density at radius 2 is 2.00 bits per heavy atom. The number of likely N-dealkylation sites (tertiary alicyclic amines) is 1. The van der Waals surface area contributed by atoms with Crippen LogP contribution in [-0.2, 0) is 14.6 Å². The lowest BCUT2D eigenvalue weighted by molar-refractivity contribution is -0.132. The Hall–Kier alpha value is -3.54. The Bertz CT molecular complexity index is 1260. The highest BCUT2D eigenvalue weighted by molar-refractivity contribution is 7.93. The molecule has 1 unspecified atom stereocenters. The van der Waals surface area contributed by atoms with E-state index in [-0.39, 0.29) is 41.8 Å². The van der Waals surface area contributed by atoms with Crippen LogP contribution in [0.15, 0.2) is 41.5 Å². The number of nitrogens with one attached hydrogen (secondary N) is 1. The summed E-state index contributed by atoms with van der Waals surface area (Å²) < 4.78 is 44.3. The van der Waals surface area contributed by atoms with Crippen LogP contribution in [0.1, 0.15) is 29.0 Å². The number of amides is 2. The van der Waals surface area contributed by atoms with Gasteiger partial charge in [-0.1, -0.05) is 0 Å². The normalized spacial score (nSPS) is 20.5. The molecule has 174 valence electrons. The van der Waals surface area contributed by atoms with Gasteiger partial charge >= 0.3 is 0 Å². The molecule has 1 spiro atoms. The van der Waals surface area contributed by atoms with E-state index in [4.69, 9.17) is 10.5 Å².